The minimum Gasteiger partial charge on any atom is -0.747 e. The molecule has 28 nitrogen and oxygen atoms in total. The van der Waals surface area contributed by atoms with Crippen LogP contribution in [0.3, 0.4) is 0 Å². The maximum absolute atomic E-state index is 12.2. The smallest absolute Gasteiger partial charge is 0.747 e. The number of imide groups is 6. The maximum atomic E-state index is 12.2. The van der Waals surface area contributed by atoms with Gasteiger partial charge in [-0.15, -0.1) is 15.2 Å². The van der Waals surface area contributed by atoms with Crippen molar-refractivity contribution >= 4 is 112 Å². The summed E-state index contributed by atoms with van der Waals surface area (Å²) in [7, 11) is -5.02. The fourth-order valence-corrected chi connectivity index (χ4v) is 9.32. The van der Waals surface area contributed by atoms with Gasteiger partial charge < -0.3 is 19.1 Å². The first-order chi connectivity index (χ1) is 35.9. The van der Waals surface area contributed by atoms with Crippen molar-refractivity contribution in [3.05, 3.63) is 36.5 Å². The molecule has 0 aromatic carbocycles. The molecule has 31 heteroatoms. The Kier molecular flexibility index (Phi) is 23.7. The molecule has 0 spiro atoms. The SMILES string of the molecule is CCNS.O=C(CCCN1C(=O)C=CC1=O)ON1C(=O)CCC1=O.O=C(ON1C(=O)CC(S(=O)(=O)[O-])C1=O)C1CCC(CN2C(=O)C=CC2=O)CC1.O=C(ON1C(=O)CCC1=O)C1CCC(CN2C(=O)C=CC2=O)CC1.[Na+]. The summed E-state index contributed by atoms with van der Waals surface area (Å²) in [5.74, 6) is -9.67. The van der Waals surface area contributed by atoms with Crippen molar-refractivity contribution in [2.24, 2.45) is 23.7 Å². The minimum atomic E-state index is -5.02. The first-order valence-electron chi connectivity index (χ1n) is 24.1. The van der Waals surface area contributed by atoms with Crippen molar-refractivity contribution in [3.8, 4) is 0 Å². The zero-order valence-corrected chi connectivity index (χ0v) is 45.6. The van der Waals surface area contributed by atoms with Crippen LogP contribution in [0.4, 0.5) is 0 Å². The van der Waals surface area contributed by atoms with Crippen molar-refractivity contribution in [1.82, 2.24) is 34.6 Å². The summed E-state index contributed by atoms with van der Waals surface area (Å²) >= 11 is 3.67. The van der Waals surface area contributed by atoms with E-state index >= 15 is 0 Å². The average molecular weight is 1130 g/mol. The molecule has 412 valence electrons. The molecule has 2 aliphatic carbocycles. The van der Waals surface area contributed by atoms with Crippen molar-refractivity contribution in [2.75, 3.05) is 26.2 Å². The second kappa shape index (κ2) is 28.9. The Balaban J connectivity index is 0.000000242. The number of hydroxylamine groups is 6. The normalized spacial score (nSPS) is 24.0. The van der Waals surface area contributed by atoms with Gasteiger partial charge in [-0.2, -0.15) is 0 Å². The van der Waals surface area contributed by atoms with Gasteiger partial charge in [0.05, 0.1) is 18.3 Å². The van der Waals surface area contributed by atoms with E-state index in [9.17, 15) is 84.9 Å². The Bertz CT molecular complexity index is 2540. The van der Waals surface area contributed by atoms with E-state index in [1.807, 2.05) is 6.92 Å². The van der Waals surface area contributed by atoms with Crippen molar-refractivity contribution in [1.29, 1.82) is 0 Å². The fourth-order valence-electron chi connectivity index (χ4n) is 8.63. The van der Waals surface area contributed by atoms with Gasteiger partial charge in [-0.25, -0.2) is 22.8 Å². The molecule has 0 radical (unpaired) electrons. The van der Waals surface area contributed by atoms with Gasteiger partial charge in [0.2, 0.25) is 0 Å². The first-order valence-corrected chi connectivity index (χ1v) is 26.0. The Labute approximate surface area is 467 Å². The molecule has 12 amide bonds. The summed E-state index contributed by atoms with van der Waals surface area (Å²) in [4.78, 5) is 191. The van der Waals surface area contributed by atoms with Crippen LogP contribution in [0.25, 0.3) is 0 Å². The fraction of sp³-hybridized carbons (Fsp3) is 0.543. The molecule has 6 aliphatic heterocycles. The molecule has 0 aromatic rings. The van der Waals surface area contributed by atoms with Crippen molar-refractivity contribution < 1.29 is 129 Å². The van der Waals surface area contributed by atoms with E-state index < -0.39 is 92.9 Å². The predicted octanol–water partition coefficient (Wildman–Crippen LogP) is -4.08. The predicted molar refractivity (Wildman–Crippen MR) is 251 cm³/mol. The van der Waals surface area contributed by atoms with Crippen molar-refractivity contribution in [3.63, 3.8) is 0 Å². The number of rotatable bonds is 15. The second-order valence-electron chi connectivity index (χ2n) is 18.1. The monoisotopic (exact) mass is 1130 g/mol. The van der Waals surface area contributed by atoms with Crippen LogP contribution in [0.2, 0.25) is 0 Å². The molecule has 77 heavy (non-hydrogen) atoms. The van der Waals surface area contributed by atoms with Gasteiger partial charge in [0.15, 0.2) is 0 Å². The van der Waals surface area contributed by atoms with Crippen LogP contribution in [0, 0.1) is 23.7 Å². The van der Waals surface area contributed by atoms with Crippen LogP contribution in [0.5, 0.6) is 0 Å². The van der Waals surface area contributed by atoms with E-state index in [4.69, 9.17) is 9.68 Å². The van der Waals surface area contributed by atoms with Gasteiger partial charge in [0.1, 0.15) is 15.4 Å². The quantitative estimate of drug-likeness (QED) is 0.0681. The molecule has 0 bridgehead atoms. The zero-order chi connectivity index (χ0) is 56.0. The van der Waals surface area contributed by atoms with Gasteiger partial charge in [-0.05, 0) is 69.6 Å². The molecule has 2 saturated carbocycles. The number of carbonyl (C=O) groups is 15. The third-order valence-electron chi connectivity index (χ3n) is 12.8. The van der Waals surface area contributed by atoms with Gasteiger partial charge >= 0.3 is 47.5 Å². The van der Waals surface area contributed by atoms with Gasteiger partial charge in [-0.1, -0.05) is 19.7 Å². The molecular weight excluding hydrogens is 1070 g/mol. The van der Waals surface area contributed by atoms with Crippen LogP contribution >= 0.6 is 12.8 Å². The summed E-state index contributed by atoms with van der Waals surface area (Å²) in [5, 5.41) is -0.980. The molecule has 8 aliphatic rings. The summed E-state index contributed by atoms with van der Waals surface area (Å²) in [6, 6.07) is 0. The third kappa shape index (κ3) is 17.3. The van der Waals surface area contributed by atoms with E-state index in [2.05, 4.69) is 22.4 Å². The number of nitrogens with one attached hydrogen (secondary N) is 1. The first kappa shape index (κ1) is 63.2. The van der Waals surface area contributed by atoms with E-state index in [1.165, 1.54) is 29.2 Å². The Morgan fingerprint density at radius 3 is 1.23 bits per heavy atom. The molecule has 8 rings (SSSR count). The van der Waals surface area contributed by atoms with Gasteiger partial charge in [0.25, 0.3) is 70.9 Å². The maximum Gasteiger partial charge on any atom is 1.00 e. The minimum absolute atomic E-state index is 0. The van der Waals surface area contributed by atoms with Crippen LogP contribution in [-0.4, -0.2) is 163 Å². The number of hydrogen-bond acceptors (Lipinski definition) is 23. The topological polar surface area (TPSA) is 372 Å². The number of thiol groups is 1. The average Bonchev–Trinajstić information content (AvgIpc) is 4.22. The molecule has 6 heterocycles. The molecule has 1 N–H and O–H groups in total. The van der Waals surface area contributed by atoms with Crippen LogP contribution in [0.15, 0.2) is 36.5 Å². The standard InChI is InChI=1S/C16H18N2O9S.C16H18N2O6.C12H12N2O6.C2H7NS.Na/c19-12-5-6-13(20)17(12)8-9-1-3-10(4-2-9)16(23)27-18-14(21)7-11(15(18)22)28(24,25)26;19-12-5-6-13(20)17(12)9-10-1-3-11(4-2-10)16(23)24-18-14(21)7-8-15(18)22;15-8-3-4-9(16)13(8)7-1-2-12(19)20-14-10(17)5-6-11(14)18;1-2-3-4;/h5-6,9-11H,1-4,7-8H2,(H,24,25,26);5-6,10-11H,1-4,7-9H2;3-4H,1-2,5-7H2;3-4H,2H2,1H3;/q;;;;+1/p-1. The van der Waals surface area contributed by atoms with Crippen LogP contribution in [0.1, 0.15) is 103 Å². The second-order valence-corrected chi connectivity index (χ2v) is 20.0. The van der Waals surface area contributed by atoms with Crippen molar-refractivity contribution in [2.45, 2.75) is 108 Å². The Morgan fingerprint density at radius 1 is 0.558 bits per heavy atom. The molecule has 1 unspecified atom stereocenters. The largest absolute Gasteiger partial charge is 1.00 e. The number of carbonyl (C=O) groups excluding carboxylic acids is 15. The summed E-state index contributed by atoms with van der Waals surface area (Å²) in [6.45, 7) is 3.62. The van der Waals surface area contributed by atoms with E-state index in [0.29, 0.717) is 68.0 Å². The molecule has 5 fully saturated rings. The van der Waals surface area contributed by atoms with Crippen LogP contribution < -0.4 is 34.3 Å². The summed E-state index contributed by atoms with van der Waals surface area (Å²) < 4.78 is 35.6. The molecule has 0 aromatic heterocycles. The third-order valence-corrected chi connectivity index (χ3v) is 14.2. The Morgan fingerprint density at radius 2 is 0.896 bits per heavy atom. The van der Waals surface area contributed by atoms with Crippen LogP contribution in [-0.2, 0) is 96.5 Å². The van der Waals surface area contributed by atoms with E-state index in [0.717, 1.165) is 28.5 Å². The van der Waals surface area contributed by atoms with Gasteiger partial charge in [0, 0.05) is 94.7 Å². The number of nitrogens with zero attached hydrogens (tertiary/aromatic N) is 6. The molecule has 3 saturated heterocycles. The van der Waals surface area contributed by atoms with E-state index in [1.54, 1.807) is 0 Å². The van der Waals surface area contributed by atoms with E-state index in [-0.39, 0.29) is 128 Å². The number of amides is 12. The summed E-state index contributed by atoms with van der Waals surface area (Å²) in [6.07, 6.45) is 10.9. The zero-order valence-electron chi connectivity index (χ0n) is 41.9. The summed E-state index contributed by atoms with van der Waals surface area (Å²) in [5.41, 5.74) is 0. The number of hydrogen-bond donors (Lipinski definition) is 2. The Hall–Kier alpha value is -6.31. The molecule has 1 atom stereocenters. The molecular formula is C46H54N7NaO21S2. The van der Waals surface area contributed by atoms with Gasteiger partial charge in [-0.3, -0.25) is 77.0 Å².